The van der Waals surface area contributed by atoms with Crippen molar-refractivity contribution in [2.24, 2.45) is 22.2 Å². The van der Waals surface area contributed by atoms with Crippen molar-refractivity contribution in [2.45, 2.75) is 133 Å². The number of carbonyl (C=O) groups excluding carboxylic acids is 8. The van der Waals surface area contributed by atoms with Crippen molar-refractivity contribution in [3.63, 3.8) is 0 Å². The summed E-state index contributed by atoms with van der Waals surface area (Å²) in [5.41, 5.74) is 19.2. The molecule has 1 spiro atoms. The van der Waals surface area contributed by atoms with Gasteiger partial charge in [0, 0.05) is 60.3 Å². The van der Waals surface area contributed by atoms with E-state index in [0.717, 1.165) is 26.5 Å². The summed E-state index contributed by atoms with van der Waals surface area (Å²) in [7, 11) is 0. The predicted molar refractivity (Wildman–Crippen MR) is 279 cm³/mol. The minimum absolute atomic E-state index is 0.0102. The van der Waals surface area contributed by atoms with Crippen LogP contribution in [-0.4, -0.2) is 107 Å². The van der Waals surface area contributed by atoms with Crippen molar-refractivity contribution in [3.8, 4) is 0 Å². The van der Waals surface area contributed by atoms with Crippen LogP contribution in [0, 0.1) is 0 Å². The lowest BCUT2D eigenvalue weighted by atomic mass is 9.76. The van der Waals surface area contributed by atoms with E-state index in [0.29, 0.717) is 43.2 Å². The summed E-state index contributed by atoms with van der Waals surface area (Å²) in [5.74, 6) is -5.74. The third-order valence-electron chi connectivity index (χ3n) is 13.2. The van der Waals surface area contributed by atoms with E-state index in [1.54, 1.807) is 36.5 Å². The van der Waals surface area contributed by atoms with E-state index in [2.05, 4.69) is 63.1 Å². The number of aromatic nitrogens is 1. The number of hydrogen-bond donors (Lipinski definition) is 11. The summed E-state index contributed by atoms with van der Waals surface area (Å²) in [4.78, 5) is 121. The average molecular weight is 1070 g/mol. The maximum Gasteiger partial charge on any atom is 0.246 e. The second kappa shape index (κ2) is 26.4. The number of unbranched alkanes of at least 4 members (excludes halogenated alkanes) is 1. The molecule has 14 N–H and O–H groups in total. The monoisotopic (exact) mass is 1070 g/mol. The van der Waals surface area contributed by atoms with Gasteiger partial charge in [-0.25, -0.2) is 0 Å². The van der Waals surface area contributed by atoms with Crippen LogP contribution in [0.15, 0.2) is 88.5 Å². The molecule has 0 saturated carbocycles. The van der Waals surface area contributed by atoms with Gasteiger partial charge in [0.25, 0.3) is 0 Å². The molecular weight excluding hydrogens is 1000 g/mol. The number of para-hydroxylation sites is 1. The highest BCUT2D eigenvalue weighted by Crippen LogP contribution is 2.34. The molecule has 1 aliphatic carbocycles. The van der Waals surface area contributed by atoms with Crippen molar-refractivity contribution >= 4 is 80.0 Å². The van der Waals surface area contributed by atoms with E-state index in [-0.39, 0.29) is 70.4 Å². The number of benzene rings is 3. The van der Waals surface area contributed by atoms with E-state index >= 15 is 4.79 Å². The highest BCUT2D eigenvalue weighted by Gasteiger charge is 2.46. The smallest absolute Gasteiger partial charge is 0.246 e. The number of halogens is 1. The lowest BCUT2D eigenvalue weighted by Gasteiger charge is -2.39. The largest absolute Gasteiger partial charge is 0.370 e. The van der Waals surface area contributed by atoms with Crippen LogP contribution in [-0.2, 0) is 64.0 Å². The Morgan fingerprint density at radius 2 is 1.51 bits per heavy atom. The number of rotatable bonds is 13. The SMILES string of the molecule is CCCCC(=O)NC1CC(=O)NCCCC[C@@H](C(N)=O)NC(=O)[C@H](Cc2c[nH]c3ccccc23)NC(=O)[C@H](CCCN=C(N)N)NC(=O)[C@@H](Cc2ccccc2)NC(=O)[C@@]2(CCc3c(Br)cccc3C2)NC1=O. The molecule has 21 heteroatoms. The Labute approximate surface area is 432 Å². The molecule has 1 fully saturated rings. The molecule has 0 radical (unpaired) electrons. The molecule has 8 amide bonds. The fraction of sp³-hybridized carbons (Fsp3) is 0.442. The number of fused-ring (bicyclic) bond motifs is 2. The molecule has 3 aromatic carbocycles. The Kier molecular flexibility index (Phi) is 19.9. The number of hydrogen-bond acceptors (Lipinski definition) is 9. The molecule has 4 aromatic rings. The lowest BCUT2D eigenvalue weighted by molar-refractivity contribution is -0.139. The molecule has 1 aromatic heterocycles. The van der Waals surface area contributed by atoms with Gasteiger partial charge in [-0.15, -0.1) is 0 Å². The molecule has 6 atom stereocenters. The van der Waals surface area contributed by atoms with E-state index in [9.17, 15) is 33.6 Å². The lowest BCUT2D eigenvalue weighted by Crippen LogP contribution is -2.67. The Morgan fingerprint density at radius 1 is 0.795 bits per heavy atom. The molecule has 1 aliphatic heterocycles. The van der Waals surface area contributed by atoms with E-state index in [1.165, 1.54) is 0 Å². The maximum absolute atomic E-state index is 15.2. The van der Waals surface area contributed by atoms with Crippen molar-refractivity contribution in [1.82, 2.24) is 42.2 Å². The Morgan fingerprint density at radius 3 is 2.26 bits per heavy atom. The summed E-state index contributed by atoms with van der Waals surface area (Å²) in [6.45, 7) is 2.12. The normalized spacial score (nSPS) is 22.8. The van der Waals surface area contributed by atoms with Crippen molar-refractivity contribution < 1.29 is 38.4 Å². The molecule has 1 unspecified atom stereocenters. The van der Waals surface area contributed by atoms with Crippen LogP contribution in [0.1, 0.15) is 93.4 Å². The molecule has 73 heavy (non-hydrogen) atoms. The molecule has 390 valence electrons. The third-order valence-corrected chi connectivity index (χ3v) is 14.0. The van der Waals surface area contributed by atoms with Crippen LogP contribution in [0.3, 0.4) is 0 Å². The average Bonchev–Trinajstić information content (AvgIpc) is 3.77. The van der Waals surface area contributed by atoms with E-state index in [1.807, 2.05) is 49.4 Å². The zero-order valence-electron chi connectivity index (χ0n) is 41.0. The number of aliphatic imine (C=N–C) groups is 1. The van der Waals surface area contributed by atoms with Gasteiger partial charge in [0.15, 0.2) is 5.96 Å². The number of nitrogens with zero attached hydrogens (tertiary/aromatic N) is 1. The Hall–Kier alpha value is -7.29. The third kappa shape index (κ3) is 15.6. The summed E-state index contributed by atoms with van der Waals surface area (Å²) in [6, 6.07) is 15.3. The number of carbonyl (C=O) groups is 8. The first-order valence-corrected chi connectivity index (χ1v) is 25.6. The standard InChI is InChI=1S/C52H67BrN12O8/c1-2-3-21-43(66)60-42-28-44(67)57-24-10-9-19-38(45(54)68)61-48(71)41(27-33-30-59-37-18-8-7-16-35(33)37)63-46(69)39(20-12-25-58-51(55)56)62-47(70)40(26-31-13-5-4-6-14-31)64-50(73)52(65-49(42)72)23-22-34-32(29-52)15-11-17-36(34)53/h4-8,11,13-18,30,38-42,59H,2-3,9-10,12,19-29H2,1H3,(H2,54,68)(H,57,67)(H,60,66)(H,61,71)(H,62,70)(H,63,69)(H,64,73)(H,65,72)(H4,55,56,58)/t38-,39-,40+,41-,42?,52-/m0/s1. The molecule has 1 saturated heterocycles. The fourth-order valence-electron chi connectivity index (χ4n) is 9.21. The summed E-state index contributed by atoms with van der Waals surface area (Å²) in [5, 5.41) is 20.6. The first-order valence-electron chi connectivity index (χ1n) is 24.9. The Bertz CT molecular complexity index is 2660. The van der Waals surface area contributed by atoms with Crippen LogP contribution in [0.4, 0.5) is 0 Å². The molecule has 6 rings (SSSR count). The van der Waals surface area contributed by atoms with Gasteiger partial charge in [-0.3, -0.25) is 43.3 Å². The highest BCUT2D eigenvalue weighted by molar-refractivity contribution is 9.10. The van der Waals surface area contributed by atoms with Crippen LogP contribution >= 0.6 is 15.9 Å². The number of aromatic amines is 1. The summed E-state index contributed by atoms with van der Waals surface area (Å²) < 4.78 is 0.815. The first-order chi connectivity index (χ1) is 35.0. The van der Waals surface area contributed by atoms with Gasteiger partial charge in [0.1, 0.15) is 35.7 Å². The molecule has 2 heterocycles. The maximum atomic E-state index is 15.2. The van der Waals surface area contributed by atoms with Gasteiger partial charge in [0.05, 0.1) is 6.42 Å². The van der Waals surface area contributed by atoms with E-state index in [4.69, 9.17) is 17.2 Å². The fourth-order valence-corrected chi connectivity index (χ4v) is 9.82. The zero-order valence-corrected chi connectivity index (χ0v) is 42.6. The van der Waals surface area contributed by atoms with Gasteiger partial charge in [0.2, 0.25) is 47.3 Å². The van der Waals surface area contributed by atoms with Crippen LogP contribution < -0.4 is 54.4 Å². The van der Waals surface area contributed by atoms with Gasteiger partial charge in [-0.2, -0.15) is 0 Å². The van der Waals surface area contributed by atoms with E-state index < -0.39 is 89.4 Å². The second-order valence-corrected chi connectivity index (χ2v) is 19.6. The van der Waals surface area contributed by atoms with Gasteiger partial charge >= 0.3 is 0 Å². The summed E-state index contributed by atoms with van der Waals surface area (Å²) in [6.07, 6.45) is 3.81. The number of primary amides is 1. The molecule has 20 nitrogen and oxygen atoms in total. The number of amides is 8. The molecular formula is C52H67BrN12O8. The number of nitrogens with two attached hydrogens (primary N) is 3. The number of guanidine groups is 1. The first kappa shape index (κ1) is 55.0. The van der Waals surface area contributed by atoms with Crippen LogP contribution in [0.2, 0.25) is 0 Å². The van der Waals surface area contributed by atoms with Crippen molar-refractivity contribution in [3.05, 3.63) is 106 Å². The van der Waals surface area contributed by atoms with Gasteiger partial charge in [-0.1, -0.05) is 89.9 Å². The Balaban J connectivity index is 1.41. The number of nitrogens with one attached hydrogen (secondary N) is 8. The minimum Gasteiger partial charge on any atom is -0.370 e. The van der Waals surface area contributed by atoms with Gasteiger partial charge < -0.3 is 59.4 Å². The minimum atomic E-state index is -1.70. The quantitative estimate of drug-likeness (QED) is 0.0522. The highest BCUT2D eigenvalue weighted by atomic mass is 79.9. The molecule has 2 aliphatic rings. The van der Waals surface area contributed by atoms with Crippen molar-refractivity contribution in [1.29, 1.82) is 0 Å². The van der Waals surface area contributed by atoms with Gasteiger partial charge in [-0.05, 0) is 85.8 Å². The van der Waals surface area contributed by atoms with Crippen LogP contribution in [0.5, 0.6) is 0 Å². The zero-order chi connectivity index (χ0) is 52.5. The van der Waals surface area contributed by atoms with Crippen LogP contribution in [0.25, 0.3) is 10.9 Å². The number of H-pyrrole nitrogens is 1. The summed E-state index contributed by atoms with van der Waals surface area (Å²) >= 11 is 3.63. The second-order valence-electron chi connectivity index (χ2n) is 18.7. The van der Waals surface area contributed by atoms with Crippen molar-refractivity contribution in [2.75, 3.05) is 13.1 Å². The topological polar surface area (TPSA) is 327 Å². The predicted octanol–water partition coefficient (Wildman–Crippen LogP) is 1.60. The molecule has 0 bridgehead atoms.